The highest BCUT2D eigenvalue weighted by atomic mass is 16.6. The van der Waals surface area contributed by atoms with E-state index in [-0.39, 0.29) is 5.92 Å². The van der Waals surface area contributed by atoms with Crippen molar-refractivity contribution in [3.05, 3.63) is 23.8 Å². The number of ether oxygens (including phenoxy) is 2. The largest absolute Gasteiger partial charge is 0.486 e. The molecule has 1 fully saturated rings. The maximum absolute atomic E-state index is 11.7. The van der Waals surface area contributed by atoms with E-state index in [1.807, 2.05) is 18.2 Å². The molecule has 1 unspecified atom stereocenters. The van der Waals surface area contributed by atoms with Crippen LogP contribution >= 0.6 is 0 Å². The van der Waals surface area contributed by atoms with Gasteiger partial charge in [-0.15, -0.1) is 0 Å². The van der Waals surface area contributed by atoms with E-state index in [2.05, 4.69) is 0 Å². The lowest BCUT2D eigenvalue weighted by atomic mass is 9.96. The molecule has 0 aromatic heterocycles. The molecule has 1 saturated carbocycles. The number of carbonyl (C=O) groups excluding carboxylic acids is 1. The van der Waals surface area contributed by atoms with Crippen LogP contribution in [0.3, 0.4) is 0 Å². The summed E-state index contributed by atoms with van der Waals surface area (Å²) in [7, 11) is 0. The summed E-state index contributed by atoms with van der Waals surface area (Å²) in [4.78, 5) is 11.7. The second kappa shape index (κ2) is 3.81. The molecule has 2 aliphatic rings. The van der Waals surface area contributed by atoms with Crippen LogP contribution in [-0.4, -0.2) is 19.0 Å². The molecule has 0 N–H and O–H groups in total. The summed E-state index contributed by atoms with van der Waals surface area (Å²) in [5.41, 5.74) is 1.08. The van der Waals surface area contributed by atoms with Crippen molar-refractivity contribution < 1.29 is 14.3 Å². The molecular formula is C13H14O3. The van der Waals surface area contributed by atoms with E-state index in [0.29, 0.717) is 19.0 Å². The number of Topliss-reactive ketones (excluding diaryl/α,β-unsaturated/α-hetero) is 1. The number of hydrogen-bond acceptors (Lipinski definition) is 3. The van der Waals surface area contributed by atoms with Crippen LogP contribution in [0.1, 0.15) is 30.7 Å². The highest BCUT2D eigenvalue weighted by Crippen LogP contribution is 2.37. The van der Waals surface area contributed by atoms with E-state index in [1.165, 1.54) is 0 Å². The molecule has 1 aromatic rings. The van der Waals surface area contributed by atoms with Gasteiger partial charge in [0.05, 0.1) is 0 Å². The minimum Gasteiger partial charge on any atom is -0.486 e. The van der Waals surface area contributed by atoms with Gasteiger partial charge < -0.3 is 9.47 Å². The van der Waals surface area contributed by atoms with E-state index in [9.17, 15) is 4.79 Å². The molecule has 3 heteroatoms. The molecule has 1 atom stereocenters. The van der Waals surface area contributed by atoms with Crippen molar-refractivity contribution in [2.24, 2.45) is 0 Å². The maximum atomic E-state index is 11.7. The van der Waals surface area contributed by atoms with Crippen LogP contribution in [0.25, 0.3) is 0 Å². The van der Waals surface area contributed by atoms with Crippen molar-refractivity contribution in [3.8, 4) is 11.5 Å². The molecule has 0 amide bonds. The third kappa shape index (κ3) is 1.56. The van der Waals surface area contributed by atoms with Gasteiger partial charge in [-0.3, -0.25) is 4.79 Å². The van der Waals surface area contributed by atoms with Crippen molar-refractivity contribution in [1.82, 2.24) is 0 Å². The Morgan fingerprint density at radius 2 is 1.94 bits per heavy atom. The second-order valence-electron chi connectivity index (χ2n) is 4.31. The summed E-state index contributed by atoms with van der Waals surface area (Å²) in [5, 5.41) is 0. The zero-order valence-corrected chi connectivity index (χ0v) is 9.07. The standard InChI is InChI=1S/C13H14O3/c14-11-3-1-2-10(11)9-4-5-12-13(8-9)16-7-6-15-12/h4-5,8,10H,1-3,6-7H2. The van der Waals surface area contributed by atoms with Crippen LogP contribution in [0, 0.1) is 0 Å². The fourth-order valence-corrected chi connectivity index (χ4v) is 2.44. The van der Waals surface area contributed by atoms with E-state index >= 15 is 0 Å². The van der Waals surface area contributed by atoms with Crippen molar-refractivity contribution in [2.45, 2.75) is 25.2 Å². The summed E-state index contributed by atoms with van der Waals surface area (Å²) >= 11 is 0. The third-order valence-electron chi connectivity index (χ3n) is 3.27. The van der Waals surface area contributed by atoms with Gasteiger partial charge in [0.1, 0.15) is 19.0 Å². The first kappa shape index (κ1) is 9.70. The van der Waals surface area contributed by atoms with Crippen LogP contribution in [0.4, 0.5) is 0 Å². The Bertz CT molecular complexity index is 425. The summed E-state index contributed by atoms with van der Waals surface area (Å²) in [6.45, 7) is 1.20. The van der Waals surface area contributed by atoms with Gasteiger partial charge in [-0.2, -0.15) is 0 Å². The molecule has 3 rings (SSSR count). The Morgan fingerprint density at radius 3 is 2.69 bits per heavy atom. The second-order valence-corrected chi connectivity index (χ2v) is 4.31. The van der Waals surface area contributed by atoms with Crippen LogP contribution in [-0.2, 0) is 4.79 Å². The molecule has 0 radical (unpaired) electrons. The molecule has 16 heavy (non-hydrogen) atoms. The van der Waals surface area contributed by atoms with Crippen LogP contribution in [0.15, 0.2) is 18.2 Å². The Kier molecular flexibility index (Phi) is 2.31. The highest BCUT2D eigenvalue weighted by molar-refractivity contribution is 5.87. The Morgan fingerprint density at radius 1 is 1.12 bits per heavy atom. The summed E-state index contributed by atoms with van der Waals surface area (Å²) in [6.07, 6.45) is 2.70. The zero-order chi connectivity index (χ0) is 11.0. The number of carbonyl (C=O) groups is 1. The van der Waals surface area contributed by atoms with Crippen molar-refractivity contribution in [1.29, 1.82) is 0 Å². The zero-order valence-electron chi connectivity index (χ0n) is 9.07. The molecule has 1 aliphatic carbocycles. The molecule has 0 saturated heterocycles. The Balaban J connectivity index is 1.93. The van der Waals surface area contributed by atoms with E-state index in [4.69, 9.17) is 9.47 Å². The normalized spacial score (nSPS) is 23.5. The lowest BCUT2D eigenvalue weighted by molar-refractivity contribution is -0.118. The summed E-state index contributed by atoms with van der Waals surface area (Å²) in [6, 6.07) is 5.86. The fraction of sp³-hybridized carbons (Fsp3) is 0.462. The summed E-state index contributed by atoms with van der Waals surface area (Å²) in [5.74, 6) is 2.01. The third-order valence-corrected chi connectivity index (χ3v) is 3.27. The first-order valence-corrected chi connectivity index (χ1v) is 5.77. The molecule has 84 valence electrons. The number of benzene rings is 1. The molecule has 1 aromatic carbocycles. The average molecular weight is 218 g/mol. The van der Waals surface area contributed by atoms with Crippen molar-refractivity contribution in [3.63, 3.8) is 0 Å². The lowest BCUT2D eigenvalue weighted by Gasteiger charge is -2.20. The van der Waals surface area contributed by atoms with Crippen LogP contribution in [0.5, 0.6) is 11.5 Å². The van der Waals surface area contributed by atoms with Crippen molar-refractivity contribution >= 4 is 5.78 Å². The van der Waals surface area contributed by atoms with Gasteiger partial charge >= 0.3 is 0 Å². The smallest absolute Gasteiger partial charge is 0.161 e. The quantitative estimate of drug-likeness (QED) is 0.725. The number of hydrogen-bond donors (Lipinski definition) is 0. The predicted molar refractivity (Wildman–Crippen MR) is 59.0 cm³/mol. The van der Waals surface area contributed by atoms with E-state index < -0.39 is 0 Å². The maximum Gasteiger partial charge on any atom is 0.161 e. The van der Waals surface area contributed by atoms with E-state index in [0.717, 1.165) is 36.3 Å². The molecule has 3 nitrogen and oxygen atoms in total. The van der Waals surface area contributed by atoms with Crippen LogP contribution < -0.4 is 9.47 Å². The molecule has 0 spiro atoms. The molecule has 0 bridgehead atoms. The monoisotopic (exact) mass is 218 g/mol. The van der Waals surface area contributed by atoms with Gasteiger partial charge in [0.15, 0.2) is 11.5 Å². The van der Waals surface area contributed by atoms with Gasteiger partial charge in [0, 0.05) is 12.3 Å². The van der Waals surface area contributed by atoms with Crippen LogP contribution in [0.2, 0.25) is 0 Å². The minimum absolute atomic E-state index is 0.0795. The minimum atomic E-state index is 0.0795. The Hall–Kier alpha value is -1.51. The van der Waals surface area contributed by atoms with E-state index in [1.54, 1.807) is 0 Å². The lowest BCUT2D eigenvalue weighted by Crippen LogP contribution is -2.16. The number of ketones is 1. The average Bonchev–Trinajstić information content (AvgIpc) is 2.75. The van der Waals surface area contributed by atoms with Gasteiger partial charge in [-0.05, 0) is 30.5 Å². The van der Waals surface area contributed by atoms with Gasteiger partial charge in [0.2, 0.25) is 0 Å². The van der Waals surface area contributed by atoms with Gasteiger partial charge in [-0.1, -0.05) is 6.07 Å². The first-order valence-electron chi connectivity index (χ1n) is 5.77. The van der Waals surface area contributed by atoms with Gasteiger partial charge in [-0.25, -0.2) is 0 Å². The SMILES string of the molecule is O=C1CCCC1c1ccc2c(c1)OCCO2. The molecule has 1 heterocycles. The highest BCUT2D eigenvalue weighted by Gasteiger charge is 2.27. The molecular weight excluding hydrogens is 204 g/mol. The van der Waals surface area contributed by atoms with Gasteiger partial charge in [0.25, 0.3) is 0 Å². The van der Waals surface area contributed by atoms with Crippen molar-refractivity contribution in [2.75, 3.05) is 13.2 Å². The number of fused-ring (bicyclic) bond motifs is 1. The first-order chi connectivity index (χ1) is 7.84. The topological polar surface area (TPSA) is 35.5 Å². The predicted octanol–water partition coefficient (Wildman–Crippen LogP) is 2.29. The molecule has 1 aliphatic heterocycles. The summed E-state index contributed by atoms with van der Waals surface area (Å²) < 4.78 is 11.0. The number of rotatable bonds is 1. The Labute approximate surface area is 94.4 Å². The fourth-order valence-electron chi connectivity index (χ4n) is 2.44.